The Morgan fingerprint density at radius 3 is 2.89 bits per heavy atom. The van der Waals surface area contributed by atoms with Crippen molar-refractivity contribution in [2.45, 2.75) is 61.8 Å². The molecule has 10 heteroatoms. The molecule has 4 aliphatic rings. The topological polar surface area (TPSA) is 131 Å². The number of carbonyl (C=O) groups is 3. The normalized spacial score (nSPS) is 33.6. The minimum atomic E-state index is -1.11. The lowest BCUT2D eigenvalue weighted by Crippen LogP contribution is -2.80. The van der Waals surface area contributed by atoms with Gasteiger partial charge in [0.2, 0.25) is 5.91 Å². The lowest BCUT2D eigenvalue weighted by atomic mass is 9.48. The van der Waals surface area contributed by atoms with Crippen LogP contribution < -0.4 is 20.5 Å². The van der Waals surface area contributed by atoms with Gasteiger partial charge in [0.05, 0.1) is 31.6 Å². The number of quaternary nitrogens is 1. The van der Waals surface area contributed by atoms with E-state index in [1.165, 1.54) is 4.90 Å². The molecule has 1 aromatic rings. The number of nitrogens with one attached hydrogen (secondary N) is 1. The lowest BCUT2D eigenvalue weighted by Gasteiger charge is -2.64. The molecule has 10 nitrogen and oxygen atoms in total. The first kappa shape index (κ1) is 25.7. The number of piperidine rings is 1. The van der Waals surface area contributed by atoms with Gasteiger partial charge in [0, 0.05) is 45.0 Å². The summed E-state index contributed by atoms with van der Waals surface area (Å²) in [6.07, 6.45) is 2.37. The Kier molecular flexibility index (Phi) is 6.12. The summed E-state index contributed by atoms with van der Waals surface area (Å²) in [7, 11) is 3.73. The van der Waals surface area contributed by atoms with Gasteiger partial charge >= 0.3 is 6.09 Å². The molecule has 2 amide bonds. The van der Waals surface area contributed by atoms with Crippen molar-refractivity contribution in [1.29, 1.82) is 0 Å². The van der Waals surface area contributed by atoms with E-state index < -0.39 is 29.3 Å². The van der Waals surface area contributed by atoms with Crippen molar-refractivity contribution in [3.05, 3.63) is 35.9 Å². The predicted molar refractivity (Wildman–Crippen MR) is 135 cm³/mol. The highest BCUT2D eigenvalue weighted by molar-refractivity contribution is 5.90. The van der Waals surface area contributed by atoms with Gasteiger partial charge in [-0.3, -0.25) is 9.59 Å². The second kappa shape index (κ2) is 8.82. The second-order valence-electron chi connectivity index (χ2n) is 11.3. The zero-order valence-corrected chi connectivity index (χ0v) is 21.8. The predicted octanol–water partition coefficient (Wildman–Crippen LogP) is 0.634. The molecule has 200 valence electrons. The van der Waals surface area contributed by atoms with Crippen LogP contribution in [-0.4, -0.2) is 96.3 Å². The van der Waals surface area contributed by atoms with E-state index in [0.717, 1.165) is 24.2 Å². The van der Waals surface area contributed by atoms with Crippen molar-refractivity contribution in [3.8, 4) is 11.5 Å². The molecule has 0 radical (unpaired) electrons. The molecule has 2 aliphatic carbocycles. The van der Waals surface area contributed by atoms with Crippen molar-refractivity contribution >= 4 is 17.8 Å². The van der Waals surface area contributed by atoms with E-state index in [9.17, 15) is 19.5 Å². The first-order valence-corrected chi connectivity index (χ1v) is 13.0. The van der Waals surface area contributed by atoms with Crippen LogP contribution in [0.15, 0.2) is 24.8 Å². The van der Waals surface area contributed by atoms with Crippen LogP contribution in [0.4, 0.5) is 4.79 Å². The van der Waals surface area contributed by atoms with Crippen LogP contribution in [0.2, 0.25) is 0 Å². The van der Waals surface area contributed by atoms with Gasteiger partial charge in [-0.1, -0.05) is 12.6 Å². The summed E-state index contributed by atoms with van der Waals surface area (Å²) >= 11 is 0. The van der Waals surface area contributed by atoms with Crippen LogP contribution in [-0.2, 0) is 21.4 Å². The maximum absolute atomic E-state index is 13.2. The van der Waals surface area contributed by atoms with E-state index in [1.807, 2.05) is 12.1 Å². The number of Topliss-reactive ketones (excluding diaryl/α,β-unsaturated/α-hetero) is 1. The van der Waals surface area contributed by atoms with Crippen LogP contribution >= 0.6 is 0 Å². The van der Waals surface area contributed by atoms with Gasteiger partial charge < -0.3 is 35.0 Å². The summed E-state index contributed by atoms with van der Waals surface area (Å²) in [4.78, 5) is 39.1. The number of ketones is 1. The fourth-order valence-corrected chi connectivity index (χ4v) is 7.18. The molecule has 1 spiro atoms. The van der Waals surface area contributed by atoms with Gasteiger partial charge in [-0.05, 0) is 31.1 Å². The van der Waals surface area contributed by atoms with Crippen LogP contribution in [0.25, 0.3) is 0 Å². The van der Waals surface area contributed by atoms with Crippen molar-refractivity contribution in [2.24, 2.45) is 5.73 Å². The minimum Gasteiger partial charge on any atom is -0.477 e. The number of carbonyl (C=O) groups excluding carboxylic acids is 3. The molecule has 1 aromatic carbocycles. The molecule has 37 heavy (non-hydrogen) atoms. The average Bonchev–Trinajstić information content (AvgIpc) is 3.21. The van der Waals surface area contributed by atoms with E-state index in [2.05, 4.69) is 18.9 Å². The monoisotopic (exact) mass is 513 g/mol. The highest BCUT2D eigenvalue weighted by Crippen LogP contribution is 2.65. The number of amides is 2. The standard InChI is InChI=1S/C27H36N4O6/c1-5-13-31(4)14-10-26-21-17-6-7-19(36-25(34)30(3)12-11-29-24(33)16(2)28)22(21)37-23(26)18(32)8-9-27(26,35)20(31)15-17/h5-7,16,20,23,35H,1,8-15,28H2,2-4H3/p+1/t16-,20+,23-,26-,27+,31+/m0/s1. The Balaban J connectivity index is 1.46. The Morgan fingerprint density at radius 2 is 2.19 bits per heavy atom. The van der Waals surface area contributed by atoms with Gasteiger partial charge in [-0.15, -0.1) is 0 Å². The van der Waals surface area contributed by atoms with Gasteiger partial charge in [0.25, 0.3) is 0 Å². The number of rotatable bonds is 7. The maximum atomic E-state index is 13.2. The third-order valence-electron chi connectivity index (χ3n) is 9.10. The van der Waals surface area contributed by atoms with Crippen molar-refractivity contribution in [1.82, 2.24) is 10.2 Å². The van der Waals surface area contributed by atoms with Gasteiger partial charge in [0.15, 0.2) is 23.4 Å². The molecule has 6 atom stereocenters. The Bertz CT molecular complexity index is 1170. The summed E-state index contributed by atoms with van der Waals surface area (Å²) in [5.41, 5.74) is 5.44. The fraction of sp³-hybridized carbons (Fsp3) is 0.593. The third kappa shape index (κ3) is 3.60. The SMILES string of the molecule is C=CC[N@+]1(C)CC[C@]23c4c5ccc(OC(=O)N(C)CCNC(=O)[C@H](C)N)c4O[C@H]2C(=O)CC[C@@]3(O)[C@H]1C5. The number of benzene rings is 1. The van der Waals surface area contributed by atoms with Crippen molar-refractivity contribution < 1.29 is 33.4 Å². The molecule has 1 saturated heterocycles. The molecule has 0 aromatic heterocycles. The number of nitrogens with two attached hydrogens (primary N) is 1. The molecule has 0 unspecified atom stereocenters. The van der Waals surface area contributed by atoms with Gasteiger partial charge in [0.1, 0.15) is 11.6 Å². The summed E-state index contributed by atoms with van der Waals surface area (Å²) < 4.78 is 12.7. The summed E-state index contributed by atoms with van der Waals surface area (Å²) in [5.74, 6) is 0.306. The van der Waals surface area contributed by atoms with Crippen LogP contribution in [0.1, 0.15) is 37.3 Å². The fourth-order valence-electron chi connectivity index (χ4n) is 7.18. The smallest absolute Gasteiger partial charge is 0.415 e. The average molecular weight is 514 g/mol. The highest BCUT2D eigenvalue weighted by atomic mass is 16.6. The van der Waals surface area contributed by atoms with E-state index in [1.54, 1.807) is 20.0 Å². The first-order valence-electron chi connectivity index (χ1n) is 13.0. The van der Waals surface area contributed by atoms with Gasteiger partial charge in [-0.25, -0.2) is 4.79 Å². The second-order valence-corrected chi connectivity index (χ2v) is 11.3. The number of ether oxygens (including phenoxy) is 2. The molecular weight excluding hydrogens is 476 g/mol. The highest BCUT2D eigenvalue weighted by Gasteiger charge is 2.76. The molecule has 2 fully saturated rings. The largest absolute Gasteiger partial charge is 0.477 e. The number of nitrogens with zero attached hydrogens (tertiary/aromatic N) is 2. The number of hydrogen-bond donors (Lipinski definition) is 3. The number of hydrogen-bond acceptors (Lipinski definition) is 7. The molecule has 5 rings (SSSR count). The van der Waals surface area contributed by atoms with Crippen LogP contribution in [0.5, 0.6) is 11.5 Å². The number of aliphatic hydroxyl groups is 1. The van der Waals surface area contributed by atoms with Crippen molar-refractivity contribution in [3.63, 3.8) is 0 Å². The Labute approximate surface area is 217 Å². The number of likely N-dealkylation sites (tertiary alicyclic amines) is 1. The zero-order chi connectivity index (χ0) is 26.8. The molecule has 1 saturated carbocycles. The summed E-state index contributed by atoms with van der Waals surface area (Å²) in [5, 5.41) is 15.1. The number of likely N-dealkylation sites (N-methyl/N-ethyl adjacent to an activating group) is 2. The van der Waals surface area contributed by atoms with Crippen molar-refractivity contribution in [2.75, 3.05) is 40.3 Å². The minimum absolute atomic E-state index is 0.0217. The Hall–Kier alpha value is -2.95. The Morgan fingerprint density at radius 1 is 1.43 bits per heavy atom. The zero-order valence-electron chi connectivity index (χ0n) is 21.8. The quantitative estimate of drug-likeness (QED) is 0.360. The van der Waals surface area contributed by atoms with E-state index in [-0.39, 0.29) is 43.0 Å². The summed E-state index contributed by atoms with van der Waals surface area (Å²) in [6.45, 7) is 7.51. The summed E-state index contributed by atoms with van der Waals surface area (Å²) in [6, 6.07) is 2.93. The van der Waals surface area contributed by atoms with Crippen LogP contribution in [0.3, 0.4) is 0 Å². The molecule has 2 heterocycles. The molecule has 2 aliphatic heterocycles. The van der Waals surface area contributed by atoms with Crippen LogP contribution in [0, 0.1) is 0 Å². The third-order valence-corrected chi connectivity index (χ3v) is 9.10. The van der Waals surface area contributed by atoms with E-state index in [0.29, 0.717) is 29.5 Å². The molecular formula is C27H37N4O6+. The maximum Gasteiger partial charge on any atom is 0.415 e. The van der Waals surface area contributed by atoms with E-state index >= 15 is 0 Å². The molecule has 4 N–H and O–H groups in total. The lowest BCUT2D eigenvalue weighted by molar-refractivity contribution is -0.944. The van der Waals surface area contributed by atoms with Gasteiger partial charge in [-0.2, -0.15) is 0 Å². The van der Waals surface area contributed by atoms with E-state index in [4.69, 9.17) is 15.2 Å². The first-order chi connectivity index (χ1) is 17.5. The molecule has 2 bridgehead atoms.